The molecule has 0 N–H and O–H groups in total. The minimum Gasteiger partial charge on any atom is -0.473 e. The van der Waals surface area contributed by atoms with Gasteiger partial charge in [-0.3, -0.25) is 0 Å². The molecule has 1 heterocycles. The van der Waals surface area contributed by atoms with Crippen LogP contribution in [-0.4, -0.2) is 4.98 Å². The van der Waals surface area contributed by atoms with E-state index in [0.717, 1.165) is 20.6 Å². The molecule has 2 rings (SSSR count). The largest absolute Gasteiger partial charge is 0.473 e. The molecule has 0 amide bonds. The van der Waals surface area contributed by atoms with Crippen molar-refractivity contribution >= 4 is 27.5 Å². The lowest BCUT2D eigenvalue weighted by molar-refractivity contribution is 0.291. The van der Waals surface area contributed by atoms with Crippen LogP contribution in [0.3, 0.4) is 0 Å². The number of halogens is 2. The number of ether oxygens (including phenoxy) is 1. The van der Waals surface area contributed by atoms with Gasteiger partial charge in [0.15, 0.2) is 0 Å². The Morgan fingerprint density at radius 3 is 2.65 bits per heavy atom. The number of benzene rings is 1. The van der Waals surface area contributed by atoms with Crippen molar-refractivity contribution < 1.29 is 4.74 Å². The van der Waals surface area contributed by atoms with Gasteiger partial charge < -0.3 is 4.74 Å². The molecule has 4 heteroatoms. The Bertz CT molecular complexity index is 513. The molecule has 0 fully saturated rings. The van der Waals surface area contributed by atoms with E-state index in [1.54, 1.807) is 6.20 Å². The van der Waals surface area contributed by atoms with E-state index < -0.39 is 0 Å². The normalized spacial score (nSPS) is 10.3. The minimum absolute atomic E-state index is 0.493. The maximum Gasteiger partial charge on any atom is 0.216 e. The predicted octanol–water partition coefficient (Wildman–Crippen LogP) is 4.38. The van der Waals surface area contributed by atoms with Gasteiger partial charge in [0, 0.05) is 21.3 Å². The molecular formula is C13H11BrClNO. The summed E-state index contributed by atoms with van der Waals surface area (Å²) in [6.45, 7) is 2.46. The van der Waals surface area contributed by atoms with Gasteiger partial charge in [-0.05, 0) is 46.6 Å². The van der Waals surface area contributed by atoms with E-state index in [2.05, 4.69) is 20.9 Å². The minimum atomic E-state index is 0.493. The van der Waals surface area contributed by atoms with Gasteiger partial charge in [-0.15, -0.1) is 0 Å². The van der Waals surface area contributed by atoms with Gasteiger partial charge in [-0.1, -0.05) is 23.7 Å². The fourth-order valence-electron chi connectivity index (χ4n) is 1.41. The average Bonchev–Trinajstić information content (AvgIpc) is 2.30. The molecule has 0 atom stereocenters. The maximum atomic E-state index is 5.81. The van der Waals surface area contributed by atoms with E-state index in [1.807, 2.05) is 37.3 Å². The summed E-state index contributed by atoms with van der Waals surface area (Å²) in [5, 5.41) is 0.728. The number of aryl methyl sites for hydroxylation is 1. The molecule has 0 aliphatic heterocycles. The first kappa shape index (κ1) is 12.4. The van der Waals surface area contributed by atoms with Crippen LogP contribution in [0.5, 0.6) is 5.88 Å². The van der Waals surface area contributed by atoms with Gasteiger partial charge in [0.2, 0.25) is 5.88 Å². The monoisotopic (exact) mass is 311 g/mol. The number of aromatic nitrogens is 1. The van der Waals surface area contributed by atoms with Crippen molar-refractivity contribution in [1.82, 2.24) is 4.98 Å². The molecule has 0 spiro atoms. The van der Waals surface area contributed by atoms with Crippen LogP contribution in [-0.2, 0) is 6.61 Å². The predicted molar refractivity (Wildman–Crippen MR) is 72.5 cm³/mol. The van der Waals surface area contributed by atoms with E-state index in [-0.39, 0.29) is 0 Å². The van der Waals surface area contributed by atoms with Crippen molar-refractivity contribution in [3.63, 3.8) is 0 Å². The summed E-state index contributed by atoms with van der Waals surface area (Å²) in [6, 6.07) is 9.56. The van der Waals surface area contributed by atoms with E-state index in [1.165, 1.54) is 0 Å². The molecule has 17 heavy (non-hydrogen) atoms. The SMILES string of the molecule is Cc1cc(Br)cnc1OCc1ccc(Cl)cc1. The molecule has 0 saturated carbocycles. The molecule has 88 valence electrons. The van der Waals surface area contributed by atoms with Crippen LogP contribution >= 0.6 is 27.5 Å². The van der Waals surface area contributed by atoms with Crippen LogP contribution < -0.4 is 4.74 Å². The Morgan fingerprint density at radius 2 is 2.00 bits per heavy atom. The van der Waals surface area contributed by atoms with E-state index >= 15 is 0 Å². The fraction of sp³-hybridized carbons (Fsp3) is 0.154. The maximum absolute atomic E-state index is 5.81. The van der Waals surface area contributed by atoms with Crippen LogP contribution in [0.15, 0.2) is 41.0 Å². The molecule has 2 aromatic rings. The Morgan fingerprint density at radius 1 is 1.29 bits per heavy atom. The van der Waals surface area contributed by atoms with Crippen LogP contribution in [0, 0.1) is 6.92 Å². The molecule has 2 nitrogen and oxygen atoms in total. The van der Waals surface area contributed by atoms with Gasteiger partial charge in [0.25, 0.3) is 0 Å². The number of rotatable bonds is 3. The molecule has 0 unspecified atom stereocenters. The van der Waals surface area contributed by atoms with Crippen LogP contribution in [0.4, 0.5) is 0 Å². The molecule has 0 saturated heterocycles. The van der Waals surface area contributed by atoms with Crippen molar-refractivity contribution in [3.05, 3.63) is 57.2 Å². The Hall–Kier alpha value is -1.06. The molecular weight excluding hydrogens is 302 g/mol. The fourth-order valence-corrected chi connectivity index (χ4v) is 1.98. The summed E-state index contributed by atoms with van der Waals surface area (Å²) < 4.78 is 6.60. The van der Waals surface area contributed by atoms with Gasteiger partial charge in [0.05, 0.1) is 0 Å². The third-order valence-corrected chi connectivity index (χ3v) is 2.97. The molecule has 0 bridgehead atoms. The van der Waals surface area contributed by atoms with Gasteiger partial charge in [0.1, 0.15) is 6.61 Å². The third-order valence-electron chi connectivity index (χ3n) is 2.29. The molecule has 1 aromatic heterocycles. The highest BCUT2D eigenvalue weighted by molar-refractivity contribution is 9.10. The lowest BCUT2D eigenvalue weighted by Crippen LogP contribution is -1.98. The second-order valence-electron chi connectivity index (χ2n) is 3.69. The summed E-state index contributed by atoms with van der Waals surface area (Å²) in [4.78, 5) is 4.22. The van der Waals surface area contributed by atoms with Gasteiger partial charge >= 0.3 is 0 Å². The first-order chi connectivity index (χ1) is 8.15. The highest BCUT2D eigenvalue weighted by Gasteiger charge is 2.02. The second kappa shape index (κ2) is 5.52. The van der Waals surface area contributed by atoms with E-state index in [9.17, 15) is 0 Å². The smallest absolute Gasteiger partial charge is 0.216 e. The first-order valence-electron chi connectivity index (χ1n) is 5.14. The van der Waals surface area contributed by atoms with Crippen molar-refractivity contribution in [2.24, 2.45) is 0 Å². The number of hydrogen-bond acceptors (Lipinski definition) is 2. The van der Waals surface area contributed by atoms with E-state index in [4.69, 9.17) is 16.3 Å². The molecule has 0 radical (unpaired) electrons. The second-order valence-corrected chi connectivity index (χ2v) is 5.04. The molecule has 1 aromatic carbocycles. The van der Waals surface area contributed by atoms with Crippen molar-refractivity contribution in [3.8, 4) is 5.88 Å². The number of nitrogens with zero attached hydrogens (tertiary/aromatic N) is 1. The zero-order valence-electron chi connectivity index (χ0n) is 9.28. The third kappa shape index (κ3) is 3.45. The summed E-state index contributed by atoms with van der Waals surface area (Å²) in [5.74, 6) is 0.656. The van der Waals surface area contributed by atoms with Crippen molar-refractivity contribution in [1.29, 1.82) is 0 Å². The summed E-state index contributed by atoms with van der Waals surface area (Å²) in [7, 11) is 0. The highest BCUT2D eigenvalue weighted by atomic mass is 79.9. The van der Waals surface area contributed by atoms with Crippen molar-refractivity contribution in [2.45, 2.75) is 13.5 Å². The Labute approximate surface area is 114 Å². The average molecular weight is 313 g/mol. The quantitative estimate of drug-likeness (QED) is 0.839. The van der Waals surface area contributed by atoms with Crippen LogP contribution in [0.2, 0.25) is 5.02 Å². The van der Waals surface area contributed by atoms with Crippen LogP contribution in [0.25, 0.3) is 0 Å². The van der Waals surface area contributed by atoms with Gasteiger partial charge in [-0.2, -0.15) is 0 Å². The van der Waals surface area contributed by atoms with Gasteiger partial charge in [-0.25, -0.2) is 4.98 Å². The first-order valence-corrected chi connectivity index (χ1v) is 6.31. The van der Waals surface area contributed by atoms with Crippen molar-refractivity contribution in [2.75, 3.05) is 0 Å². The van der Waals surface area contributed by atoms with Crippen LogP contribution in [0.1, 0.15) is 11.1 Å². The number of hydrogen-bond donors (Lipinski definition) is 0. The summed E-state index contributed by atoms with van der Waals surface area (Å²) >= 11 is 9.18. The standard InChI is InChI=1S/C13H11BrClNO/c1-9-6-11(14)7-16-13(9)17-8-10-2-4-12(15)5-3-10/h2-7H,8H2,1H3. The molecule has 0 aliphatic carbocycles. The zero-order chi connectivity index (χ0) is 12.3. The number of pyridine rings is 1. The summed E-state index contributed by atoms with van der Waals surface area (Å²) in [5.41, 5.74) is 2.08. The lowest BCUT2D eigenvalue weighted by atomic mass is 10.2. The molecule has 0 aliphatic rings. The topological polar surface area (TPSA) is 22.1 Å². The summed E-state index contributed by atoms with van der Waals surface area (Å²) in [6.07, 6.45) is 1.73. The Kier molecular flexibility index (Phi) is 4.02. The lowest BCUT2D eigenvalue weighted by Gasteiger charge is -2.08. The highest BCUT2D eigenvalue weighted by Crippen LogP contribution is 2.20. The zero-order valence-corrected chi connectivity index (χ0v) is 11.6. The Balaban J connectivity index is 2.04. The van der Waals surface area contributed by atoms with E-state index in [0.29, 0.717) is 12.5 Å².